The van der Waals surface area contributed by atoms with Crippen LogP contribution in [0.5, 0.6) is 5.75 Å². The number of carbonyl (C=O) groups excluding carboxylic acids is 1. The Morgan fingerprint density at radius 3 is 2.69 bits per heavy atom. The summed E-state index contributed by atoms with van der Waals surface area (Å²) in [6.45, 7) is 7.21. The highest BCUT2D eigenvalue weighted by Gasteiger charge is 2.12. The lowest BCUT2D eigenvalue weighted by molar-refractivity contribution is 0.0290. The molecule has 0 saturated carbocycles. The van der Waals surface area contributed by atoms with Gasteiger partial charge in [-0.15, -0.1) is 12.4 Å². The molecule has 1 amide bonds. The summed E-state index contributed by atoms with van der Waals surface area (Å²) in [5.74, 6) is 0.684. The largest absolute Gasteiger partial charge is 0.491 e. The SMILES string of the molecule is CCCCCCOc1ccccc1NC(=O)OCCN1CCOCC1.Cl. The van der Waals surface area contributed by atoms with Crippen LogP contribution >= 0.6 is 12.4 Å². The van der Waals surface area contributed by atoms with Crippen molar-refractivity contribution < 1.29 is 19.0 Å². The molecule has 0 radical (unpaired) electrons. The van der Waals surface area contributed by atoms with Crippen molar-refractivity contribution in [2.45, 2.75) is 32.6 Å². The summed E-state index contributed by atoms with van der Waals surface area (Å²) in [6, 6.07) is 7.46. The summed E-state index contributed by atoms with van der Waals surface area (Å²) in [7, 11) is 0. The van der Waals surface area contributed by atoms with Crippen molar-refractivity contribution >= 4 is 24.2 Å². The number of carbonyl (C=O) groups is 1. The van der Waals surface area contributed by atoms with Crippen LogP contribution < -0.4 is 10.1 Å². The van der Waals surface area contributed by atoms with E-state index in [1.807, 2.05) is 24.3 Å². The standard InChI is InChI=1S/C19H30N2O4.ClH/c1-2-3-4-7-13-24-18-9-6-5-8-17(18)20-19(22)25-16-12-21-10-14-23-15-11-21;/h5-6,8-9H,2-4,7,10-16H2,1H3,(H,20,22);1H. The monoisotopic (exact) mass is 386 g/mol. The van der Waals surface area contributed by atoms with Gasteiger partial charge in [-0.05, 0) is 18.6 Å². The van der Waals surface area contributed by atoms with E-state index in [1.165, 1.54) is 12.8 Å². The molecule has 0 atom stereocenters. The Kier molecular flexibility index (Phi) is 11.9. The average Bonchev–Trinajstić information content (AvgIpc) is 2.64. The zero-order valence-electron chi connectivity index (χ0n) is 15.6. The van der Waals surface area contributed by atoms with Gasteiger partial charge in [0.1, 0.15) is 12.4 Å². The molecule has 148 valence electrons. The van der Waals surface area contributed by atoms with Gasteiger partial charge in [0.05, 0.1) is 25.5 Å². The topological polar surface area (TPSA) is 60.0 Å². The van der Waals surface area contributed by atoms with Crippen LogP contribution in [0, 0.1) is 0 Å². The molecule has 1 aromatic rings. The molecule has 7 heteroatoms. The number of benzene rings is 1. The Bertz CT molecular complexity index is 510. The average molecular weight is 387 g/mol. The summed E-state index contributed by atoms with van der Waals surface area (Å²) in [4.78, 5) is 14.2. The quantitative estimate of drug-likeness (QED) is 0.617. The van der Waals surface area contributed by atoms with Gasteiger partial charge in [0.15, 0.2) is 0 Å². The highest BCUT2D eigenvalue weighted by Crippen LogP contribution is 2.24. The van der Waals surface area contributed by atoms with E-state index < -0.39 is 6.09 Å². The van der Waals surface area contributed by atoms with E-state index in [-0.39, 0.29) is 12.4 Å². The van der Waals surface area contributed by atoms with E-state index >= 15 is 0 Å². The van der Waals surface area contributed by atoms with Crippen LogP contribution in [0.2, 0.25) is 0 Å². The summed E-state index contributed by atoms with van der Waals surface area (Å²) in [6.07, 6.45) is 4.16. The maximum absolute atomic E-state index is 12.0. The fourth-order valence-corrected chi connectivity index (χ4v) is 2.64. The van der Waals surface area contributed by atoms with Crippen molar-refractivity contribution in [3.8, 4) is 5.75 Å². The Labute approximate surface area is 162 Å². The summed E-state index contributed by atoms with van der Waals surface area (Å²) >= 11 is 0. The van der Waals surface area contributed by atoms with E-state index in [2.05, 4.69) is 17.1 Å². The second kappa shape index (κ2) is 13.7. The van der Waals surface area contributed by atoms with E-state index in [9.17, 15) is 4.79 Å². The first-order valence-corrected chi connectivity index (χ1v) is 9.25. The third-order valence-corrected chi connectivity index (χ3v) is 4.12. The molecule has 0 unspecified atom stereocenters. The molecule has 1 aliphatic heterocycles. The molecular weight excluding hydrogens is 356 g/mol. The van der Waals surface area contributed by atoms with Crippen LogP contribution in [0.25, 0.3) is 0 Å². The van der Waals surface area contributed by atoms with Gasteiger partial charge in [0.2, 0.25) is 0 Å². The number of ether oxygens (including phenoxy) is 3. The number of amides is 1. The van der Waals surface area contributed by atoms with Crippen LogP contribution in [-0.2, 0) is 9.47 Å². The second-order valence-corrected chi connectivity index (χ2v) is 6.12. The van der Waals surface area contributed by atoms with Crippen molar-refractivity contribution in [2.75, 3.05) is 51.4 Å². The molecule has 26 heavy (non-hydrogen) atoms. The maximum Gasteiger partial charge on any atom is 0.411 e. The smallest absolute Gasteiger partial charge is 0.411 e. The van der Waals surface area contributed by atoms with Gasteiger partial charge >= 0.3 is 6.09 Å². The number of hydrogen-bond acceptors (Lipinski definition) is 5. The van der Waals surface area contributed by atoms with Gasteiger partial charge in [-0.1, -0.05) is 38.3 Å². The highest BCUT2D eigenvalue weighted by molar-refractivity contribution is 5.86. The van der Waals surface area contributed by atoms with Crippen molar-refractivity contribution in [1.82, 2.24) is 4.90 Å². The molecule has 1 fully saturated rings. The normalized spacial score (nSPS) is 14.3. The van der Waals surface area contributed by atoms with Gasteiger partial charge in [-0.25, -0.2) is 4.79 Å². The zero-order chi connectivity index (χ0) is 17.7. The number of morpholine rings is 1. The van der Waals surface area contributed by atoms with E-state index in [4.69, 9.17) is 14.2 Å². The first kappa shape index (κ1) is 22.5. The zero-order valence-corrected chi connectivity index (χ0v) is 16.4. The first-order chi connectivity index (χ1) is 12.3. The number of anilines is 1. The van der Waals surface area contributed by atoms with Gasteiger partial charge in [-0.3, -0.25) is 10.2 Å². The van der Waals surface area contributed by atoms with Crippen LogP contribution in [-0.4, -0.2) is 57.1 Å². The number of nitrogens with zero attached hydrogens (tertiary/aromatic N) is 1. The summed E-state index contributed by atoms with van der Waals surface area (Å²) in [5.41, 5.74) is 0.648. The van der Waals surface area contributed by atoms with Crippen molar-refractivity contribution in [1.29, 1.82) is 0 Å². The Morgan fingerprint density at radius 1 is 1.15 bits per heavy atom. The van der Waals surface area contributed by atoms with Gasteiger partial charge < -0.3 is 14.2 Å². The molecule has 1 aromatic carbocycles. The highest BCUT2D eigenvalue weighted by atomic mass is 35.5. The summed E-state index contributed by atoms with van der Waals surface area (Å²) < 4.78 is 16.4. The van der Waals surface area contributed by atoms with Crippen molar-refractivity contribution in [2.24, 2.45) is 0 Å². The third kappa shape index (κ3) is 8.74. The lowest BCUT2D eigenvalue weighted by Gasteiger charge is -2.26. The van der Waals surface area contributed by atoms with Gasteiger partial charge in [0, 0.05) is 19.6 Å². The van der Waals surface area contributed by atoms with Crippen molar-refractivity contribution in [3.05, 3.63) is 24.3 Å². The molecular formula is C19H31ClN2O4. The minimum atomic E-state index is -0.449. The Balaban J connectivity index is 0.00000338. The van der Waals surface area contributed by atoms with E-state index in [1.54, 1.807) is 0 Å². The third-order valence-electron chi connectivity index (χ3n) is 4.12. The van der Waals surface area contributed by atoms with Crippen LogP contribution in [0.3, 0.4) is 0 Å². The molecule has 2 rings (SSSR count). The molecule has 1 aliphatic rings. The lowest BCUT2D eigenvalue weighted by Crippen LogP contribution is -2.38. The number of rotatable bonds is 10. The predicted molar refractivity (Wildman–Crippen MR) is 106 cm³/mol. The maximum atomic E-state index is 12.0. The molecule has 0 spiro atoms. The van der Waals surface area contributed by atoms with Gasteiger partial charge in [-0.2, -0.15) is 0 Å². The minimum Gasteiger partial charge on any atom is -0.491 e. The molecule has 0 aromatic heterocycles. The fourth-order valence-electron chi connectivity index (χ4n) is 2.64. The Hall–Kier alpha value is -1.50. The number of hydrogen-bond donors (Lipinski definition) is 1. The first-order valence-electron chi connectivity index (χ1n) is 9.25. The van der Waals surface area contributed by atoms with Crippen molar-refractivity contribution in [3.63, 3.8) is 0 Å². The van der Waals surface area contributed by atoms with Crippen LogP contribution in [0.4, 0.5) is 10.5 Å². The molecule has 0 aliphatic carbocycles. The second-order valence-electron chi connectivity index (χ2n) is 6.12. The van der Waals surface area contributed by atoms with Crippen LogP contribution in [0.1, 0.15) is 32.6 Å². The molecule has 1 N–H and O–H groups in total. The summed E-state index contributed by atoms with van der Waals surface area (Å²) in [5, 5.41) is 2.77. The van der Waals surface area contributed by atoms with Gasteiger partial charge in [0.25, 0.3) is 0 Å². The number of unbranched alkanes of at least 4 members (excludes halogenated alkanes) is 3. The molecule has 0 bridgehead atoms. The molecule has 1 heterocycles. The lowest BCUT2D eigenvalue weighted by atomic mass is 10.2. The number of nitrogens with one attached hydrogen (secondary N) is 1. The van der Waals surface area contributed by atoms with E-state index in [0.29, 0.717) is 24.7 Å². The minimum absolute atomic E-state index is 0. The fraction of sp³-hybridized carbons (Fsp3) is 0.632. The molecule has 1 saturated heterocycles. The van der Waals surface area contributed by atoms with E-state index in [0.717, 1.165) is 45.7 Å². The Morgan fingerprint density at radius 2 is 1.92 bits per heavy atom. The molecule has 6 nitrogen and oxygen atoms in total. The number of para-hydroxylation sites is 2. The number of halogens is 1. The predicted octanol–water partition coefficient (Wildman–Crippen LogP) is 3.95. The van der Waals surface area contributed by atoms with Crippen LogP contribution in [0.15, 0.2) is 24.3 Å².